The Kier molecular flexibility index (Phi) is 6.83. The van der Waals surface area contributed by atoms with Crippen LogP contribution in [0.2, 0.25) is 0 Å². The molecule has 0 atom stereocenters. The quantitative estimate of drug-likeness (QED) is 0.311. The smallest absolute Gasteiger partial charge is 0.293 e. The number of aliphatic hydroxyl groups excluding tert-OH is 1. The Morgan fingerprint density at radius 1 is 1.54 bits per heavy atom. The highest BCUT2D eigenvalue weighted by Crippen LogP contribution is 2.36. The number of allylic oxidation sites excluding steroid dienone is 3. The van der Waals surface area contributed by atoms with Crippen molar-refractivity contribution in [2.75, 3.05) is 19.1 Å². The Morgan fingerprint density at radius 2 is 2.25 bits per heavy atom. The van der Waals surface area contributed by atoms with Gasteiger partial charge in [-0.3, -0.25) is 15.2 Å². The van der Waals surface area contributed by atoms with Gasteiger partial charge in [0.25, 0.3) is 5.56 Å². The van der Waals surface area contributed by atoms with E-state index in [2.05, 4.69) is 28.7 Å². The summed E-state index contributed by atoms with van der Waals surface area (Å²) in [5.41, 5.74) is 6.24. The lowest BCUT2D eigenvalue weighted by Gasteiger charge is -2.16. The van der Waals surface area contributed by atoms with Crippen LogP contribution in [0.15, 0.2) is 59.1 Å². The summed E-state index contributed by atoms with van der Waals surface area (Å²) in [6.07, 6.45) is 6.53. The van der Waals surface area contributed by atoms with E-state index >= 15 is 0 Å². The van der Waals surface area contributed by atoms with Crippen LogP contribution in [0, 0.1) is 5.41 Å². The van der Waals surface area contributed by atoms with Crippen molar-refractivity contribution < 1.29 is 5.11 Å². The predicted octanol–water partition coefficient (Wildman–Crippen LogP) is 1.77. The van der Waals surface area contributed by atoms with Crippen molar-refractivity contribution in [2.24, 2.45) is 10.8 Å². The average Bonchev–Trinajstić information content (AvgIpc) is 2.77. The fourth-order valence-electron chi connectivity index (χ4n) is 2.40. The number of rotatable bonds is 7. The summed E-state index contributed by atoms with van der Waals surface area (Å²) in [5, 5.41) is 31.0. The summed E-state index contributed by atoms with van der Waals surface area (Å²) in [5.74, 6) is -0.412. The fraction of sp³-hybridized carbons (Fsp3) is 0.222. The molecule has 1 aliphatic rings. The second-order valence-corrected chi connectivity index (χ2v) is 7.07. The minimum absolute atomic E-state index is 0.221. The fourth-order valence-corrected chi connectivity index (χ4v) is 3.36. The predicted molar refractivity (Wildman–Crippen MR) is 116 cm³/mol. The molecule has 1 aromatic rings. The molecule has 1 aliphatic heterocycles. The number of nitrogens with one attached hydrogen (secondary N) is 2. The van der Waals surface area contributed by atoms with Gasteiger partial charge in [0.2, 0.25) is 0 Å². The van der Waals surface area contributed by atoms with Gasteiger partial charge in [-0.15, -0.1) is 0 Å². The standard InChI is InChI=1S/C18H23N7O2S/c1-11(5-6-21-3)7-16-23-24(4)17-13(12(2)28-16)9-22-25(18(17)27)10-14(20)15(26)8-19/h5-6,8-9,20-21,26H,1-2,7,10,19H2,3-4H3/b6-5-,15-8+,20-14?. The van der Waals surface area contributed by atoms with Crippen molar-refractivity contribution in [1.29, 1.82) is 5.41 Å². The van der Waals surface area contributed by atoms with Crippen LogP contribution in [0.1, 0.15) is 12.0 Å². The van der Waals surface area contributed by atoms with Crippen molar-refractivity contribution in [3.05, 3.63) is 65.1 Å². The van der Waals surface area contributed by atoms with E-state index in [-0.39, 0.29) is 12.3 Å². The van der Waals surface area contributed by atoms with Crippen LogP contribution in [0.25, 0.3) is 4.91 Å². The number of hydrogen-bond donors (Lipinski definition) is 4. The van der Waals surface area contributed by atoms with Gasteiger partial charge in [-0.2, -0.15) is 10.2 Å². The van der Waals surface area contributed by atoms with Crippen LogP contribution in [-0.4, -0.2) is 39.7 Å². The van der Waals surface area contributed by atoms with Gasteiger partial charge in [0.15, 0.2) is 5.76 Å². The first-order valence-electron chi connectivity index (χ1n) is 8.27. The molecule has 0 fully saturated rings. The first kappa shape index (κ1) is 21.0. The Bertz CT molecular complexity index is 959. The van der Waals surface area contributed by atoms with E-state index in [4.69, 9.17) is 11.1 Å². The van der Waals surface area contributed by atoms with E-state index in [1.54, 1.807) is 20.3 Å². The third-order valence-electron chi connectivity index (χ3n) is 3.78. The summed E-state index contributed by atoms with van der Waals surface area (Å²) in [7, 11) is 3.47. The zero-order valence-corrected chi connectivity index (χ0v) is 16.6. The van der Waals surface area contributed by atoms with E-state index in [0.717, 1.165) is 21.5 Å². The Balaban J connectivity index is 2.38. The maximum atomic E-state index is 12.9. The summed E-state index contributed by atoms with van der Waals surface area (Å²) in [6, 6.07) is 0. The van der Waals surface area contributed by atoms with Crippen LogP contribution in [0.4, 0.5) is 5.69 Å². The van der Waals surface area contributed by atoms with Crippen LogP contribution >= 0.6 is 11.8 Å². The summed E-state index contributed by atoms with van der Waals surface area (Å²) in [4.78, 5) is 13.6. The molecule has 1 aromatic heterocycles. The lowest BCUT2D eigenvalue weighted by molar-refractivity contribution is 0.435. The summed E-state index contributed by atoms with van der Waals surface area (Å²) >= 11 is 1.36. The van der Waals surface area contributed by atoms with Gasteiger partial charge < -0.3 is 16.2 Å². The number of anilines is 1. The highest BCUT2D eigenvalue weighted by molar-refractivity contribution is 8.21. The number of hydrogen-bond acceptors (Lipinski definition) is 9. The molecule has 0 spiro atoms. The Morgan fingerprint density at radius 3 is 2.89 bits per heavy atom. The summed E-state index contributed by atoms with van der Waals surface area (Å²) < 4.78 is 1.07. The second-order valence-electron chi connectivity index (χ2n) is 5.90. The number of nitrogens with zero attached hydrogens (tertiary/aromatic N) is 4. The normalized spacial score (nSPS) is 14.5. The monoisotopic (exact) mass is 401 g/mol. The summed E-state index contributed by atoms with van der Waals surface area (Å²) in [6.45, 7) is 7.82. The van der Waals surface area contributed by atoms with Gasteiger partial charge in [0.1, 0.15) is 10.7 Å². The Hall–Kier alpha value is -3.27. The molecule has 0 aliphatic carbocycles. The highest BCUT2D eigenvalue weighted by atomic mass is 32.2. The van der Waals surface area contributed by atoms with Crippen molar-refractivity contribution in [3.63, 3.8) is 0 Å². The minimum Gasteiger partial charge on any atom is -0.505 e. The molecular weight excluding hydrogens is 378 g/mol. The molecule has 0 aromatic carbocycles. The van der Waals surface area contributed by atoms with E-state index in [9.17, 15) is 9.90 Å². The third kappa shape index (κ3) is 4.71. The molecule has 0 radical (unpaired) electrons. The lowest BCUT2D eigenvalue weighted by Crippen LogP contribution is -2.32. The highest BCUT2D eigenvalue weighted by Gasteiger charge is 2.23. The second kappa shape index (κ2) is 9.09. The van der Waals surface area contributed by atoms with Crippen molar-refractivity contribution in [2.45, 2.75) is 13.0 Å². The zero-order chi connectivity index (χ0) is 20.8. The van der Waals surface area contributed by atoms with Crippen LogP contribution in [-0.2, 0) is 6.54 Å². The zero-order valence-electron chi connectivity index (χ0n) is 15.8. The number of hydrazone groups is 1. The Labute approximate surface area is 167 Å². The number of nitrogens with two attached hydrogens (primary N) is 1. The van der Waals surface area contributed by atoms with Gasteiger partial charge in [-0.25, -0.2) is 4.68 Å². The number of thioether (sulfide) groups is 1. The van der Waals surface area contributed by atoms with Crippen LogP contribution < -0.4 is 21.6 Å². The van der Waals surface area contributed by atoms with Gasteiger partial charge >= 0.3 is 0 Å². The van der Waals surface area contributed by atoms with Gasteiger partial charge in [0, 0.05) is 37.2 Å². The maximum Gasteiger partial charge on any atom is 0.293 e. The first-order chi connectivity index (χ1) is 13.3. The molecule has 0 saturated heterocycles. The van der Waals surface area contributed by atoms with Gasteiger partial charge in [0.05, 0.1) is 18.5 Å². The van der Waals surface area contributed by atoms with Gasteiger partial charge in [-0.05, 0) is 17.8 Å². The molecule has 0 saturated carbocycles. The van der Waals surface area contributed by atoms with E-state index in [1.165, 1.54) is 23.0 Å². The third-order valence-corrected chi connectivity index (χ3v) is 4.71. The molecule has 9 nitrogen and oxygen atoms in total. The average molecular weight is 401 g/mol. The van der Waals surface area contributed by atoms with Crippen molar-refractivity contribution >= 4 is 33.1 Å². The minimum atomic E-state index is -0.449. The molecule has 28 heavy (non-hydrogen) atoms. The molecule has 0 amide bonds. The first-order valence-corrected chi connectivity index (χ1v) is 9.08. The largest absolute Gasteiger partial charge is 0.505 e. The molecule has 0 bridgehead atoms. The van der Waals surface area contributed by atoms with Crippen LogP contribution in [0.3, 0.4) is 0 Å². The number of aliphatic hydroxyl groups is 1. The maximum absolute atomic E-state index is 12.9. The molecule has 5 N–H and O–H groups in total. The van der Waals surface area contributed by atoms with Crippen LogP contribution in [0.5, 0.6) is 0 Å². The van der Waals surface area contributed by atoms with E-state index in [1.807, 2.05) is 6.08 Å². The number of aromatic nitrogens is 2. The molecular formula is C18H23N7O2S. The molecule has 10 heteroatoms. The molecule has 0 unspecified atom stereocenters. The number of fused-ring (bicyclic) bond motifs is 1. The lowest BCUT2D eigenvalue weighted by atomic mass is 10.2. The van der Waals surface area contributed by atoms with Crippen molar-refractivity contribution in [1.82, 2.24) is 15.1 Å². The van der Waals surface area contributed by atoms with E-state index in [0.29, 0.717) is 22.6 Å². The SMILES string of the molecule is C=C(/C=C\NC)CC1=NN(C)c2c(cnn(CC(=N)/C(O)=C\N)c2=O)C(=C)S1. The van der Waals surface area contributed by atoms with Gasteiger partial charge in [-0.1, -0.05) is 24.9 Å². The molecule has 148 valence electrons. The van der Waals surface area contributed by atoms with Crippen molar-refractivity contribution in [3.8, 4) is 0 Å². The van der Waals surface area contributed by atoms with E-state index < -0.39 is 11.3 Å². The molecule has 2 rings (SSSR count). The molecule has 2 heterocycles. The topological polar surface area (TPSA) is 133 Å².